The Morgan fingerprint density at radius 1 is 1.31 bits per heavy atom. The second kappa shape index (κ2) is 9.55. The van der Waals surface area contributed by atoms with E-state index in [4.69, 9.17) is 4.74 Å². The maximum Gasteiger partial charge on any atom is 0.219 e. The average Bonchev–Trinajstić information content (AvgIpc) is 3.54. The number of anilines is 1. The summed E-state index contributed by atoms with van der Waals surface area (Å²) in [7, 11) is 1.86. The third-order valence-electron chi connectivity index (χ3n) is 7.13. The van der Waals surface area contributed by atoms with Crippen LogP contribution in [0.25, 0.3) is 11.1 Å². The summed E-state index contributed by atoms with van der Waals surface area (Å²) in [6.45, 7) is 4.75. The molecule has 5 rings (SSSR count). The molecule has 0 radical (unpaired) electrons. The minimum absolute atomic E-state index is 0.0190. The zero-order chi connectivity index (χ0) is 24.5. The normalized spacial score (nSPS) is 20.0. The molecule has 1 aromatic carbocycles. The molecule has 3 aliphatic rings. The number of rotatable bonds is 4. The molecule has 9 nitrogen and oxygen atoms in total. The zero-order valence-corrected chi connectivity index (χ0v) is 20.3. The number of aromatic nitrogens is 2. The Hall–Kier alpha value is -3.64. The van der Waals surface area contributed by atoms with Crippen LogP contribution in [-0.2, 0) is 23.0 Å². The molecule has 1 aromatic heterocycles. The number of amides is 1. The molecule has 0 unspecified atom stereocenters. The minimum atomic E-state index is 0.0190. The van der Waals surface area contributed by atoms with Crippen LogP contribution in [0.3, 0.4) is 0 Å². The molecule has 1 atom stereocenters. The van der Waals surface area contributed by atoms with Crippen molar-refractivity contribution in [1.82, 2.24) is 20.0 Å². The number of hydrogen-bond acceptors (Lipinski definition) is 6. The Labute approximate surface area is 205 Å². The van der Waals surface area contributed by atoms with Crippen molar-refractivity contribution in [2.75, 3.05) is 37.7 Å². The van der Waals surface area contributed by atoms with Crippen molar-refractivity contribution in [1.29, 1.82) is 10.7 Å². The van der Waals surface area contributed by atoms with E-state index in [-0.39, 0.29) is 11.9 Å². The monoisotopic (exact) mass is 473 g/mol. The van der Waals surface area contributed by atoms with Gasteiger partial charge in [-0.15, -0.1) is 0 Å². The van der Waals surface area contributed by atoms with E-state index in [1.54, 1.807) is 22.7 Å². The Morgan fingerprint density at radius 3 is 2.86 bits per heavy atom. The number of carbonyl (C=O) groups excluding carboxylic acids is 1. The average molecular weight is 474 g/mol. The van der Waals surface area contributed by atoms with Gasteiger partial charge in [-0.1, -0.05) is 0 Å². The molecule has 9 heteroatoms. The van der Waals surface area contributed by atoms with E-state index in [1.807, 2.05) is 24.2 Å². The maximum absolute atomic E-state index is 12.2. The van der Waals surface area contributed by atoms with Crippen LogP contribution < -0.4 is 10.2 Å². The van der Waals surface area contributed by atoms with Gasteiger partial charge < -0.3 is 19.9 Å². The number of benzene rings is 1. The standard InChI is InChI=1S/C26H31N7O2/c1-17(34)32-8-5-24(30-21-6-9-35-16-21)23(15-32)26(28)33-7-3-4-18-10-22(19(12-27)11-25(18)33)20-13-29-31(2)14-20/h10-11,13-14,21,28,30H,3-9,15-16H2,1-2H3/t21-/m0/s1. The summed E-state index contributed by atoms with van der Waals surface area (Å²) in [5.41, 5.74) is 6.26. The summed E-state index contributed by atoms with van der Waals surface area (Å²) in [6.07, 6.45) is 7.13. The van der Waals surface area contributed by atoms with Gasteiger partial charge in [-0.05, 0) is 37.0 Å². The van der Waals surface area contributed by atoms with E-state index in [1.165, 1.54) is 0 Å². The van der Waals surface area contributed by atoms with Crippen LogP contribution in [0.15, 0.2) is 35.8 Å². The first-order chi connectivity index (χ1) is 16.9. The second-order valence-corrected chi connectivity index (χ2v) is 9.50. The molecular weight excluding hydrogens is 442 g/mol. The van der Waals surface area contributed by atoms with Crippen LogP contribution in [-0.4, -0.2) is 65.3 Å². The summed E-state index contributed by atoms with van der Waals surface area (Å²) in [6, 6.07) is 6.57. The number of nitrogens with zero attached hydrogens (tertiary/aromatic N) is 5. The number of hydrogen-bond donors (Lipinski definition) is 2. The van der Waals surface area contributed by atoms with Crippen LogP contribution >= 0.6 is 0 Å². The molecule has 0 aliphatic carbocycles. The van der Waals surface area contributed by atoms with E-state index < -0.39 is 0 Å². The lowest BCUT2D eigenvalue weighted by molar-refractivity contribution is -0.128. The molecule has 1 saturated heterocycles. The van der Waals surface area contributed by atoms with Crippen molar-refractivity contribution in [3.05, 3.63) is 46.9 Å². The number of fused-ring (bicyclic) bond motifs is 1. The minimum Gasteiger partial charge on any atom is -0.383 e. The van der Waals surface area contributed by atoms with Crippen molar-refractivity contribution in [2.45, 2.75) is 38.6 Å². The summed E-state index contributed by atoms with van der Waals surface area (Å²) >= 11 is 0. The lowest BCUT2D eigenvalue weighted by atomic mass is 9.92. The van der Waals surface area contributed by atoms with Crippen molar-refractivity contribution in [3.8, 4) is 17.2 Å². The van der Waals surface area contributed by atoms with Gasteiger partial charge >= 0.3 is 0 Å². The SMILES string of the molecule is CC(=O)N1CCC(N[C@H]2CCOC2)=C(C(=N)N2CCCc3cc(-c4cnn(C)c4)c(C#N)cc32)C1. The van der Waals surface area contributed by atoms with E-state index in [0.717, 1.165) is 59.5 Å². The first-order valence-corrected chi connectivity index (χ1v) is 12.2. The highest BCUT2D eigenvalue weighted by Gasteiger charge is 2.31. The fourth-order valence-electron chi connectivity index (χ4n) is 5.22. The molecule has 1 fully saturated rings. The van der Waals surface area contributed by atoms with Gasteiger partial charge in [0.15, 0.2) is 0 Å². The number of amidine groups is 1. The molecule has 0 spiro atoms. The van der Waals surface area contributed by atoms with E-state index in [2.05, 4.69) is 22.6 Å². The third-order valence-corrected chi connectivity index (χ3v) is 7.13. The van der Waals surface area contributed by atoms with E-state index in [9.17, 15) is 15.5 Å². The first-order valence-electron chi connectivity index (χ1n) is 12.2. The van der Waals surface area contributed by atoms with Gasteiger partial charge in [0.1, 0.15) is 5.84 Å². The first kappa shape index (κ1) is 23.1. The summed E-state index contributed by atoms with van der Waals surface area (Å²) in [4.78, 5) is 16.0. The molecule has 1 amide bonds. The Balaban J connectivity index is 1.51. The van der Waals surface area contributed by atoms with Crippen LogP contribution in [0.5, 0.6) is 0 Å². The molecule has 35 heavy (non-hydrogen) atoms. The number of carbonyl (C=O) groups is 1. The van der Waals surface area contributed by atoms with Crippen LogP contribution in [0.2, 0.25) is 0 Å². The molecular formula is C26H31N7O2. The Kier molecular flexibility index (Phi) is 6.31. The quantitative estimate of drug-likeness (QED) is 0.522. The molecule has 0 saturated carbocycles. The largest absolute Gasteiger partial charge is 0.383 e. The van der Waals surface area contributed by atoms with Gasteiger partial charge in [0, 0.05) is 74.4 Å². The lowest BCUT2D eigenvalue weighted by Crippen LogP contribution is -2.46. The van der Waals surface area contributed by atoms with Gasteiger partial charge in [-0.3, -0.25) is 14.9 Å². The predicted molar refractivity (Wildman–Crippen MR) is 133 cm³/mol. The van der Waals surface area contributed by atoms with Gasteiger partial charge in [-0.2, -0.15) is 10.4 Å². The van der Waals surface area contributed by atoms with Crippen LogP contribution in [0.4, 0.5) is 5.69 Å². The number of nitriles is 1. The number of nitrogens with one attached hydrogen (secondary N) is 2. The molecule has 0 bridgehead atoms. The fourth-order valence-corrected chi connectivity index (χ4v) is 5.22. The Morgan fingerprint density at radius 2 is 2.17 bits per heavy atom. The summed E-state index contributed by atoms with van der Waals surface area (Å²) in [5.74, 6) is 0.418. The molecule has 4 heterocycles. The maximum atomic E-state index is 12.2. The van der Waals surface area contributed by atoms with Gasteiger partial charge in [0.05, 0.1) is 37.0 Å². The molecule has 2 N–H and O–H groups in total. The summed E-state index contributed by atoms with van der Waals surface area (Å²) in [5, 5.41) is 27.1. The zero-order valence-electron chi connectivity index (χ0n) is 20.3. The Bertz CT molecular complexity index is 1230. The van der Waals surface area contributed by atoms with Crippen molar-refractivity contribution in [3.63, 3.8) is 0 Å². The highest BCUT2D eigenvalue weighted by molar-refractivity contribution is 6.09. The van der Waals surface area contributed by atoms with Crippen LogP contribution in [0, 0.1) is 16.7 Å². The topological polar surface area (TPSA) is 110 Å². The van der Waals surface area contributed by atoms with Crippen molar-refractivity contribution >= 4 is 17.4 Å². The van der Waals surface area contributed by atoms with Crippen LogP contribution in [0.1, 0.15) is 37.3 Å². The molecule has 182 valence electrons. The number of ether oxygens (including phenoxy) is 1. The second-order valence-electron chi connectivity index (χ2n) is 9.50. The number of aryl methyl sites for hydroxylation is 2. The van der Waals surface area contributed by atoms with E-state index >= 15 is 0 Å². The summed E-state index contributed by atoms with van der Waals surface area (Å²) < 4.78 is 7.28. The van der Waals surface area contributed by atoms with Gasteiger partial charge in [0.25, 0.3) is 0 Å². The van der Waals surface area contributed by atoms with Crippen molar-refractivity contribution in [2.24, 2.45) is 7.05 Å². The fraction of sp³-hybridized carbons (Fsp3) is 0.462. The predicted octanol–water partition coefficient (Wildman–Crippen LogP) is 2.57. The van der Waals surface area contributed by atoms with Gasteiger partial charge in [0.2, 0.25) is 5.91 Å². The highest BCUT2D eigenvalue weighted by atomic mass is 16.5. The van der Waals surface area contributed by atoms with Gasteiger partial charge in [-0.25, -0.2) is 0 Å². The smallest absolute Gasteiger partial charge is 0.219 e. The third kappa shape index (κ3) is 4.54. The highest BCUT2D eigenvalue weighted by Crippen LogP contribution is 2.36. The van der Waals surface area contributed by atoms with Crippen molar-refractivity contribution < 1.29 is 9.53 Å². The molecule has 2 aromatic rings. The van der Waals surface area contributed by atoms with E-state index in [0.29, 0.717) is 44.1 Å². The lowest BCUT2D eigenvalue weighted by Gasteiger charge is -2.37. The molecule has 3 aliphatic heterocycles.